The van der Waals surface area contributed by atoms with Crippen LogP contribution in [-0.2, 0) is 24.0 Å². The number of carbonyl (C=O) groups excluding carboxylic acids is 4. The number of amides is 2. The molecule has 49 heavy (non-hydrogen) atoms. The number of aliphatic carboxylic acids is 1. The molecule has 14 heteroatoms. The number of unbranched alkanes of at least 4 members (excludes halogenated alkanes) is 14. The van der Waals surface area contributed by atoms with E-state index in [-0.39, 0.29) is 50.1 Å². The lowest BCUT2D eigenvalue weighted by atomic mass is 9.77. The van der Waals surface area contributed by atoms with Gasteiger partial charge >= 0.3 is 5.97 Å². The number of nitrogens with zero attached hydrogens (tertiary/aromatic N) is 1. The lowest BCUT2D eigenvalue weighted by Crippen LogP contribution is -2.76. The normalized spacial score (nSPS) is 15.9. The number of rotatable bonds is 31. The third kappa shape index (κ3) is 15.6. The summed E-state index contributed by atoms with van der Waals surface area (Å²) < 4.78 is 0. The lowest BCUT2D eigenvalue weighted by molar-refractivity contribution is -0.183. The summed E-state index contributed by atoms with van der Waals surface area (Å²) in [6.07, 6.45) is 10.3. The Kier molecular flexibility index (Phi) is 25.2. The van der Waals surface area contributed by atoms with Gasteiger partial charge in [0.25, 0.3) is 0 Å². The van der Waals surface area contributed by atoms with Crippen molar-refractivity contribution in [2.45, 2.75) is 178 Å². The summed E-state index contributed by atoms with van der Waals surface area (Å²) >= 11 is 0. The van der Waals surface area contributed by atoms with Gasteiger partial charge in [-0.3, -0.25) is 24.1 Å². The number of ketones is 2. The van der Waals surface area contributed by atoms with Crippen molar-refractivity contribution in [2.24, 2.45) is 28.7 Å². The van der Waals surface area contributed by atoms with E-state index in [0.717, 1.165) is 32.6 Å². The molecular formula is C35H68N6O8. The molecule has 0 aliphatic rings. The van der Waals surface area contributed by atoms with E-state index in [1.165, 1.54) is 44.9 Å². The maximum atomic E-state index is 14.1. The molecule has 6 unspecified atom stereocenters. The molecule has 14 nitrogen and oxygen atoms in total. The third-order valence-electron chi connectivity index (χ3n) is 9.12. The minimum atomic E-state index is -3.48. The molecule has 0 fully saturated rings. The van der Waals surface area contributed by atoms with E-state index in [0.29, 0.717) is 25.7 Å². The second-order valence-corrected chi connectivity index (χ2v) is 13.4. The van der Waals surface area contributed by atoms with Crippen LogP contribution >= 0.6 is 0 Å². The van der Waals surface area contributed by atoms with Crippen LogP contribution < -0.4 is 28.7 Å². The number of aliphatic hydroxyl groups excluding tert-OH is 2. The molecule has 0 heterocycles. The molecule has 2 amide bonds. The van der Waals surface area contributed by atoms with E-state index >= 15 is 0 Å². The molecule has 286 valence electrons. The van der Waals surface area contributed by atoms with Crippen molar-refractivity contribution in [2.75, 3.05) is 13.1 Å². The average molecular weight is 701 g/mol. The number of carboxylic acids is 1. The van der Waals surface area contributed by atoms with Crippen LogP contribution in [0.1, 0.15) is 142 Å². The standard InChI is InChI=1S/C35H68N6O8/c1-3-4-5-6-7-8-9-10-11-12-13-14-15-22-28(43)31(45)35(34(48)49,30(44)26(38)20-16-18-23-36)41(33(47)29(40)25(2)42)32(46)27(39)21-17-19-24-37/h25-27,29,31,42,45H,3-24,36-40H2,1-2H3,(H,48,49). The Hall–Kier alpha value is -2.33. The molecule has 0 saturated heterocycles. The van der Waals surface area contributed by atoms with Gasteiger partial charge in [0.2, 0.25) is 17.4 Å². The number of carboxylic acid groups (broad SMARTS) is 1. The lowest BCUT2D eigenvalue weighted by Gasteiger charge is -2.43. The summed E-state index contributed by atoms with van der Waals surface area (Å²) in [6, 6.07) is -5.04. The van der Waals surface area contributed by atoms with Gasteiger partial charge in [0.05, 0.1) is 18.2 Å². The monoisotopic (exact) mass is 701 g/mol. The molecule has 0 aromatic rings. The zero-order valence-corrected chi connectivity index (χ0v) is 30.2. The smallest absolute Gasteiger partial charge is 0.341 e. The number of Topliss-reactive ketones (excluding diaryl/α,β-unsaturated/α-hetero) is 2. The first kappa shape index (κ1) is 46.7. The van der Waals surface area contributed by atoms with E-state index in [9.17, 15) is 39.3 Å². The molecule has 0 bridgehead atoms. The van der Waals surface area contributed by atoms with Gasteiger partial charge < -0.3 is 44.0 Å². The molecule has 6 atom stereocenters. The van der Waals surface area contributed by atoms with Crippen LogP contribution in [0.5, 0.6) is 0 Å². The first-order valence-corrected chi connectivity index (χ1v) is 18.5. The van der Waals surface area contributed by atoms with Crippen molar-refractivity contribution in [1.29, 1.82) is 0 Å². The van der Waals surface area contributed by atoms with Crippen molar-refractivity contribution in [3.63, 3.8) is 0 Å². The highest BCUT2D eigenvalue weighted by Gasteiger charge is 2.64. The summed E-state index contributed by atoms with van der Waals surface area (Å²) in [4.78, 5) is 68.5. The summed E-state index contributed by atoms with van der Waals surface area (Å²) in [5.41, 5.74) is 25.7. The van der Waals surface area contributed by atoms with E-state index in [4.69, 9.17) is 28.7 Å². The topological polar surface area (TPSA) is 279 Å². The average Bonchev–Trinajstić information content (AvgIpc) is 3.07. The summed E-state index contributed by atoms with van der Waals surface area (Å²) in [7, 11) is 0. The van der Waals surface area contributed by atoms with Crippen LogP contribution in [0.15, 0.2) is 0 Å². The third-order valence-corrected chi connectivity index (χ3v) is 9.12. The maximum Gasteiger partial charge on any atom is 0.341 e. The molecule has 0 saturated carbocycles. The SMILES string of the molecule is CCCCCCCCCCCCCCCC(=O)C(O)C(C(=O)O)(C(=O)C(N)CCCCN)N(C(=O)C(N)CCCCN)C(=O)C(N)C(C)O. The largest absolute Gasteiger partial charge is 0.479 e. The molecule has 0 aromatic heterocycles. The van der Waals surface area contributed by atoms with Crippen LogP contribution in [0, 0.1) is 0 Å². The fourth-order valence-electron chi connectivity index (χ4n) is 5.90. The van der Waals surface area contributed by atoms with Gasteiger partial charge in [-0.1, -0.05) is 96.8 Å². The van der Waals surface area contributed by atoms with E-state index < -0.39 is 65.2 Å². The van der Waals surface area contributed by atoms with Crippen LogP contribution in [0.2, 0.25) is 0 Å². The van der Waals surface area contributed by atoms with Gasteiger partial charge in [0.1, 0.15) is 6.04 Å². The zero-order valence-electron chi connectivity index (χ0n) is 30.2. The molecule has 0 aromatic carbocycles. The minimum absolute atomic E-state index is 0.0165. The van der Waals surface area contributed by atoms with Gasteiger partial charge in [-0.2, -0.15) is 0 Å². The van der Waals surface area contributed by atoms with Crippen LogP contribution in [-0.4, -0.2) is 98.5 Å². The summed E-state index contributed by atoms with van der Waals surface area (Å²) in [6.45, 7) is 3.86. The van der Waals surface area contributed by atoms with E-state index in [2.05, 4.69) is 6.92 Å². The minimum Gasteiger partial charge on any atom is -0.479 e. The Morgan fingerprint density at radius 1 is 0.633 bits per heavy atom. The number of hydrogen-bond donors (Lipinski definition) is 8. The van der Waals surface area contributed by atoms with Crippen LogP contribution in [0.3, 0.4) is 0 Å². The molecular weight excluding hydrogens is 632 g/mol. The van der Waals surface area contributed by atoms with Crippen molar-refractivity contribution in [3.8, 4) is 0 Å². The molecule has 0 rings (SSSR count). The molecule has 0 spiro atoms. The van der Waals surface area contributed by atoms with Gasteiger partial charge in [-0.05, 0) is 52.1 Å². The predicted molar refractivity (Wildman–Crippen MR) is 190 cm³/mol. The summed E-state index contributed by atoms with van der Waals surface area (Å²) in [5, 5.41) is 32.4. The van der Waals surface area contributed by atoms with Crippen molar-refractivity contribution in [3.05, 3.63) is 0 Å². The second-order valence-electron chi connectivity index (χ2n) is 13.4. The van der Waals surface area contributed by atoms with Gasteiger partial charge in [-0.15, -0.1) is 0 Å². The highest BCUT2D eigenvalue weighted by Crippen LogP contribution is 2.30. The molecule has 0 radical (unpaired) electrons. The van der Waals surface area contributed by atoms with E-state index in [1.54, 1.807) is 0 Å². The van der Waals surface area contributed by atoms with Crippen molar-refractivity contribution in [1.82, 2.24) is 4.90 Å². The van der Waals surface area contributed by atoms with Gasteiger partial charge in [-0.25, -0.2) is 4.79 Å². The van der Waals surface area contributed by atoms with Gasteiger partial charge in [0, 0.05) is 6.42 Å². The van der Waals surface area contributed by atoms with Gasteiger partial charge in [0.15, 0.2) is 17.7 Å². The number of hydrogen-bond acceptors (Lipinski definition) is 12. The fraction of sp³-hybridized carbons (Fsp3) is 0.857. The first-order valence-electron chi connectivity index (χ1n) is 18.5. The Balaban J connectivity index is 6.16. The maximum absolute atomic E-state index is 14.1. The Morgan fingerprint density at radius 2 is 1.06 bits per heavy atom. The fourth-order valence-corrected chi connectivity index (χ4v) is 5.90. The van der Waals surface area contributed by atoms with E-state index in [1.807, 2.05) is 0 Å². The van der Waals surface area contributed by atoms with Crippen molar-refractivity contribution >= 4 is 29.4 Å². The zero-order chi connectivity index (χ0) is 37.4. The highest BCUT2D eigenvalue weighted by atomic mass is 16.4. The Bertz CT molecular complexity index is 984. The molecule has 0 aliphatic heterocycles. The number of carbonyl (C=O) groups is 5. The van der Waals surface area contributed by atoms with Crippen molar-refractivity contribution < 1.29 is 39.3 Å². The number of imide groups is 1. The number of aliphatic hydroxyl groups is 2. The predicted octanol–water partition coefficient (Wildman–Crippen LogP) is 1.77. The Morgan fingerprint density at radius 3 is 1.47 bits per heavy atom. The van der Waals surface area contributed by atoms with Crippen LogP contribution in [0.25, 0.3) is 0 Å². The highest BCUT2D eigenvalue weighted by molar-refractivity contribution is 6.20. The number of nitrogens with two attached hydrogens (primary N) is 5. The first-order chi connectivity index (χ1) is 23.3. The summed E-state index contributed by atoms with van der Waals surface area (Å²) in [5.74, 6) is -7.48. The quantitative estimate of drug-likeness (QED) is 0.0379. The second kappa shape index (κ2) is 26.5. The van der Waals surface area contributed by atoms with Crippen LogP contribution in [0.4, 0.5) is 0 Å². The Labute approximate surface area is 293 Å². The molecule has 13 N–H and O–H groups in total. The molecule has 0 aliphatic carbocycles.